The highest BCUT2D eigenvalue weighted by atomic mass is 19.4. The molecule has 1 saturated heterocycles. The Morgan fingerprint density at radius 3 is 2.44 bits per heavy atom. The van der Waals surface area contributed by atoms with Gasteiger partial charge in [-0.1, -0.05) is 24.3 Å². The SMILES string of the molecule is CC(=O)Nc1cccc(Nc2ncnc(N3CCC(c4ccccc4C(F)(F)F)CC3)n2)c1C. The Morgan fingerprint density at radius 1 is 1.03 bits per heavy atom. The number of nitrogens with zero attached hydrogens (tertiary/aromatic N) is 4. The maximum absolute atomic E-state index is 13.4. The number of halogens is 3. The highest BCUT2D eigenvalue weighted by Crippen LogP contribution is 2.39. The predicted octanol–water partition coefficient (Wildman–Crippen LogP) is 5.28. The van der Waals surface area contributed by atoms with E-state index in [0.29, 0.717) is 49.1 Å². The van der Waals surface area contributed by atoms with E-state index in [2.05, 4.69) is 25.6 Å². The average Bonchev–Trinajstić information content (AvgIpc) is 2.81. The standard InChI is InChI=1S/C24H25F3N6O/c1-15-20(30-16(2)34)8-5-9-21(15)31-22-28-14-29-23(32-22)33-12-10-17(11-13-33)18-6-3-4-7-19(18)24(25,26)27/h3-9,14,17H,10-13H2,1-2H3,(H,30,34)(H,28,29,31,32). The molecule has 0 spiro atoms. The van der Waals surface area contributed by atoms with Crippen LogP contribution in [-0.2, 0) is 11.0 Å². The fourth-order valence-electron chi connectivity index (χ4n) is 4.22. The lowest BCUT2D eigenvalue weighted by atomic mass is 9.86. The van der Waals surface area contributed by atoms with Crippen LogP contribution in [-0.4, -0.2) is 33.9 Å². The van der Waals surface area contributed by atoms with Gasteiger partial charge in [-0.2, -0.15) is 18.2 Å². The molecule has 2 N–H and O–H groups in total. The minimum Gasteiger partial charge on any atom is -0.341 e. The van der Waals surface area contributed by atoms with Gasteiger partial charge in [0.15, 0.2) is 0 Å². The van der Waals surface area contributed by atoms with Crippen molar-refractivity contribution in [2.45, 2.75) is 38.8 Å². The number of rotatable bonds is 5. The molecule has 1 amide bonds. The molecular formula is C24H25F3N6O. The van der Waals surface area contributed by atoms with Gasteiger partial charge in [0.25, 0.3) is 0 Å². The van der Waals surface area contributed by atoms with Crippen molar-refractivity contribution < 1.29 is 18.0 Å². The number of aromatic nitrogens is 3. The van der Waals surface area contributed by atoms with Crippen LogP contribution < -0.4 is 15.5 Å². The van der Waals surface area contributed by atoms with E-state index in [1.165, 1.54) is 19.3 Å². The van der Waals surface area contributed by atoms with Crippen molar-refractivity contribution in [3.05, 3.63) is 65.5 Å². The van der Waals surface area contributed by atoms with Crippen LogP contribution in [0.3, 0.4) is 0 Å². The summed E-state index contributed by atoms with van der Waals surface area (Å²) in [5.41, 5.74) is 2.06. The van der Waals surface area contributed by atoms with Crippen molar-refractivity contribution in [1.82, 2.24) is 15.0 Å². The highest BCUT2D eigenvalue weighted by Gasteiger charge is 2.35. The van der Waals surface area contributed by atoms with Gasteiger partial charge in [0, 0.05) is 31.4 Å². The van der Waals surface area contributed by atoms with Gasteiger partial charge in [-0.05, 0) is 55.0 Å². The normalized spacial score (nSPS) is 14.7. The second-order valence-electron chi connectivity index (χ2n) is 8.24. The Morgan fingerprint density at radius 2 is 1.74 bits per heavy atom. The molecular weight excluding hydrogens is 445 g/mol. The summed E-state index contributed by atoms with van der Waals surface area (Å²) in [6, 6.07) is 11.3. The van der Waals surface area contributed by atoms with Crippen LogP contribution in [0.2, 0.25) is 0 Å². The number of carbonyl (C=O) groups excluding carboxylic acids is 1. The van der Waals surface area contributed by atoms with E-state index in [9.17, 15) is 18.0 Å². The van der Waals surface area contributed by atoms with E-state index >= 15 is 0 Å². The fourth-order valence-corrected chi connectivity index (χ4v) is 4.22. The zero-order chi connectivity index (χ0) is 24.3. The van der Waals surface area contributed by atoms with Crippen LogP contribution in [0.15, 0.2) is 48.8 Å². The molecule has 10 heteroatoms. The maximum Gasteiger partial charge on any atom is 0.416 e. The van der Waals surface area contributed by atoms with Crippen LogP contribution in [0.4, 0.5) is 36.4 Å². The average molecular weight is 470 g/mol. The molecule has 178 valence electrons. The monoisotopic (exact) mass is 470 g/mol. The number of hydrogen-bond acceptors (Lipinski definition) is 6. The Labute approximate surface area is 195 Å². The van der Waals surface area contributed by atoms with E-state index in [-0.39, 0.29) is 11.8 Å². The van der Waals surface area contributed by atoms with Crippen molar-refractivity contribution in [3.63, 3.8) is 0 Å². The second-order valence-corrected chi connectivity index (χ2v) is 8.24. The van der Waals surface area contributed by atoms with Crippen molar-refractivity contribution in [2.75, 3.05) is 28.6 Å². The summed E-state index contributed by atoms with van der Waals surface area (Å²) in [5, 5.41) is 5.94. The molecule has 0 unspecified atom stereocenters. The van der Waals surface area contributed by atoms with E-state index in [1.807, 2.05) is 30.0 Å². The Hall–Kier alpha value is -3.69. The second kappa shape index (κ2) is 9.66. The Balaban J connectivity index is 1.46. The van der Waals surface area contributed by atoms with Crippen molar-refractivity contribution >= 4 is 29.2 Å². The number of hydrogen-bond donors (Lipinski definition) is 2. The molecule has 0 radical (unpaired) electrons. The van der Waals surface area contributed by atoms with Crippen LogP contribution in [0.5, 0.6) is 0 Å². The Kier molecular flexibility index (Phi) is 6.67. The van der Waals surface area contributed by atoms with Crippen LogP contribution in [0.1, 0.15) is 42.4 Å². The van der Waals surface area contributed by atoms with E-state index in [0.717, 1.165) is 17.3 Å². The molecule has 0 saturated carbocycles. The van der Waals surface area contributed by atoms with Gasteiger partial charge in [0.1, 0.15) is 6.33 Å². The van der Waals surface area contributed by atoms with Crippen molar-refractivity contribution in [1.29, 1.82) is 0 Å². The third-order valence-corrected chi connectivity index (χ3v) is 5.93. The number of alkyl halides is 3. The third kappa shape index (κ3) is 5.27. The molecule has 0 aliphatic carbocycles. The molecule has 3 aromatic rings. The number of carbonyl (C=O) groups is 1. The number of nitrogens with one attached hydrogen (secondary N) is 2. The molecule has 0 atom stereocenters. The van der Waals surface area contributed by atoms with Gasteiger partial charge >= 0.3 is 6.18 Å². The lowest BCUT2D eigenvalue weighted by Gasteiger charge is -2.33. The molecule has 1 aliphatic heterocycles. The maximum atomic E-state index is 13.4. The van der Waals surface area contributed by atoms with Gasteiger partial charge in [-0.3, -0.25) is 4.79 Å². The first kappa shape index (κ1) is 23.5. The van der Waals surface area contributed by atoms with Crippen molar-refractivity contribution in [2.24, 2.45) is 0 Å². The number of amides is 1. The van der Waals surface area contributed by atoms with E-state index in [1.54, 1.807) is 12.1 Å². The zero-order valence-electron chi connectivity index (χ0n) is 18.9. The molecule has 0 bridgehead atoms. The smallest absolute Gasteiger partial charge is 0.341 e. The molecule has 4 rings (SSSR count). The number of benzene rings is 2. The van der Waals surface area contributed by atoms with E-state index < -0.39 is 11.7 Å². The fraction of sp³-hybridized carbons (Fsp3) is 0.333. The first-order valence-electron chi connectivity index (χ1n) is 11.0. The summed E-state index contributed by atoms with van der Waals surface area (Å²) in [6.07, 6.45) is -1.82. The minimum absolute atomic E-state index is 0.163. The molecule has 1 aromatic heterocycles. The quantitative estimate of drug-likeness (QED) is 0.528. The zero-order valence-corrected chi connectivity index (χ0v) is 18.9. The first-order valence-corrected chi connectivity index (χ1v) is 11.0. The molecule has 1 fully saturated rings. The summed E-state index contributed by atoms with van der Waals surface area (Å²) in [7, 11) is 0. The molecule has 2 aromatic carbocycles. The van der Waals surface area contributed by atoms with Gasteiger partial charge < -0.3 is 15.5 Å². The first-order chi connectivity index (χ1) is 16.2. The lowest BCUT2D eigenvalue weighted by molar-refractivity contribution is -0.138. The largest absolute Gasteiger partial charge is 0.416 e. The Bertz CT molecular complexity index is 1180. The van der Waals surface area contributed by atoms with Gasteiger partial charge in [0.05, 0.1) is 5.56 Å². The lowest BCUT2D eigenvalue weighted by Crippen LogP contribution is -2.34. The topological polar surface area (TPSA) is 83.0 Å². The van der Waals surface area contributed by atoms with Crippen LogP contribution in [0.25, 0.3) is 0 Å². The highest BCUT2D eigenvalue weighted by molar-refractivity contribution is 5.90. The summed E-state index contributed by atoms with van der Waals surface area (Å²) >= 11 is 0. The van der Waals surface area contributed by atoms with E-state index in [4.69, 9.17) is 0 Å². The third-order valence-electron chi connectivity index (χ3n) is 5.93. The molecule has 7 nitrogen and oxygen atoms in total. The molecule has 2 heterocycles. The minimum atomic E-state index is -4.36. The van der Waals surface area contributed by atoms with Gasteiger partial charge in [-0.25, -0.2) is 9.97 Å². The molecule has 1 aliphatic rings. The summed E-state index contributed by atoms with van der Waals surface area (Å²) in [4.78, 5) is 26.3. The summed E-state index contributed by atoms with van der Waals surface area (Å²) < 4.78 is 40.3. The van der Waals surface area contributed by atoms with Crippen LogP contribution in [0, 0.1) is 6.92 Å². The number of piperidine rings is 1. The van der Waals surface area contributed by atoms with Crippen molar-refractivity contribution in [3.8, 4) is 0 Å². The van der Waals surface area contributed by atoms with Crippen LogP contribution >= 0.6 is 0 Å². The van der Waals surface area contributed by atoms with Gasteiger partial charge in [0.2, 0.25) is 17.8 Å². The number of anilines is 4. The van der Waals surface area contributed by atoms with Gasteiger partial charge in [-0.15, -0.1) is 0 Å². The molecule has 34 heavy (non-hydrogen) atoms. The summed E-state index contributed by atoms with van der Waals surface area (Å²) in [5.74, 6) is 0.477. The predicted molar refractivity (Wildman–Crippen MR) is 124 cm³/mol. The summed E-state index contributed by atoms with van der Waals surface area (Å²) in [6.45, 7) is 4.40.